The molecular formula is C16H17BrFNO. The van der Waals surface area contributed by atoms with Crippen molar-refractivity contribution < 1.29 is 9.13 Å². The Hall–Kier alpha value is -1.39. The molecule has 0 bridgehead atoms. The first kappa shape index (κ1) is 15.0. The zero-order chi connectivity index (χ0) is 14.4. The number of rotatable bonds is 6. The number of halogens is 2. The van der Waals surface area contributed by atoms with Crippen molar-refractivity contribution in [3.05, 3.63) is 63.9 Å². The SMILES string of the molecule is CNCCc1ccc(COc2ccc(Br)cc2F)cc1. The van der Waals surface area contributed by atoms with Crippen LogP contribution in [0.15, 0.2) is 46.9 Å². The number of nitrogens with one attached hydrogen (secondary N) is 1. The van der Waals surface area contributed by atoms with Gasteiger partial charge in [-0.15, -0.1) is 0 Å². The van der Waals surface area contributed by atoms with Crippen LogP contribution in [0.1, 0.15) is 11.1 Å². The van der Waals surface area contributed by atoms with Crippen LogP contribution in [0.2, 0.25) is 0 Å². The molecule has 1 N–H and O–H groups in total. The molecule has 0 aliphatic heterocycles. The van der Waals surface area contributed by atoms with Gasteiger partial charge < -0.3 is 10.1 Å². The number of hydrogen-bond acceptors (Lipinski definition) is 2. The van der Waals surface area contributed by atoms with Crippen LogP contribution < -0.4 is 10.1 Å². The van der Waals surface area contributed by atoms with Gasteiger partial charge >= 0.3 is 0 Å². The van der Waals surface area contributed by atoms with Crippen molar-refractivity contribution in [1.82, 2.24) is 5.32 Å². The maximum Gasteiger partial charge on any atom is 0.166 e. The summed E-state index contributed by atoms with van der Waals surface area (Å²) in [6.07, 6.45) is 0.999. The van der Waals surface area contributed by atoms with Gasteiger partial charge in [0.2, 0.25) is 0 Å². The Bertz CT molecular complexity index is 557. The summed E-state index contributed by atoms with van der Waals surface area (Å²) in [6.45, 7) is 1.32. The molecule has 2 aromatic carbocycles. The van der Waals surface area contributed by atoms with Gasteiger partial charge in [0, 0.05) is 4.47 Å². The van der Waals surface area contributed by atoms with E-state index in [4.69, 9.17) is 4.74 Å². The second-order valence-corrected chi connectivity index (χ2v) is 5.45. The van der Waals surface area contributed by atoms with Crippen molar-refractivity contribution in [2.75, 3.05) is 13.6 Å². The molecule has 0 aliphatic rings. The monoisotopic (exact) mass is 337 g/mol. The largest absolute Gasteiger partial charge is 0.486 e. The number of benzene rings is 2. The fourth-order valence-electron chi connectivity index (χ4n) is 1.82. The summed E-state index contributed by atoms with van der Waals surface area (Å²) in [5.41, 5.74) is 2.30. The Morgan fingerprint density at radius 2 is 1.80 bits per heavy atom. The van der Waals surface area contributed by atoms with Gasteiger partial charge in [-0.25, -0.2) is 4.39 Å². The number of hydrogen-bond donors (Lipinski definition) is 1. The molecule has 0 unspecified atom stereocenters. The van der Waals surface area contributed by atoms with Gasteiger partial charge in [0.15, 0.2) is 11.6 Å². The molecule has 2 aromatic rings. The lowest BCUT2D eigenvalue weighted by molar-refractivity contribution is 0.290. The average Bonchev–Trinajstić information content (AvgIpc) is 2.45. The molecule has 0 saturated carbocycles. The molecule has 0 fully saturated rings. The molecule has 0 aliphatic carbocycles. The zero-order valence-corrected chi connectivity index (χ0v) is 12.9. The van der Waals surface area contributed by atoms with E-state index >= 15 is 0 Å². The molecule has 0 radical (unpaired) electrons. The van der Waals surface area contributed by atoms with E-state index in [9.17, 15) is 4.39 Å². The van der Waals surface area contributed by atoms with Gasteiger partial charge in [-0.1, -0.05) is 40.2 Å². The molecule has 2 rings (SSSR count). The lowest BCUT2D eigenvalue weighted by atomic mass is 10.1. The molecule has 0 heterocycles. The Balaban J connectivity index is 1.93. The van der Waals surface area contributed by atoms with Crippen molar-refractivity contribution in [1.29, 1.82) is 0 Å². The van der Waals surface area contributed by atoms with Crippen LogP contribution in [0.5, 0.6) is 5.75 Å². The first-order valence-electron chi connectivity index (χ1n) is 6.49. The average molecular weight is 338 g/mol. The Morgan fingerprint density at radius 1 is 1.10 bits per heavy atom. The number of ether oxygens (including phenoxy) is 1. The van der Waals surface area contributed by atoms with E-state index in [1.54, 1.807) is 12.1 Å². The van der Waals surface area contributed by atoms with Crippen LogP contribution in [0.3, 0.4) is 0 Å². The van der Waals surface area contributed by atoms with Gasteiger partial charge in [0.25, 0.3) is 0 Å². The first-order valence-corrected chi connectivity index (χ1v) is 7.28. The molecule has 2 nitrogen and oxygen atoms in total. The van der Waals surface area contributed by atoms with E-state index in [1.807, 2.05) is 19.2 Å². The van der Waals surface area contributed by atoms with Gasteiger partial charge in [-0.05, 0) is 49.3 Å². The van der Waals surface area contributed by atoms with Crippen LogP contribution >= 0.6 is 15.9 Å². The van der Waals surface area contributed by atoms with Crippen molar-refractivity contribution in [2.24, 2.45) is 0 Å². The summed E-state index contributed by atoms with van der Waals surface area (Å²) < 4.78 is 19.8. The maximum atomic E-state index is 13.6. The van der Waals surface area contributed by atoms with Gasteiger partial charge in [0.05, 0.1) is 0 Å². The van der Waals surface area contributed by atoms with Crippen LogP contribution in [-0.4, -0.2) is 13.6 Å². The molecule has 0 amide bonds. The standard InChI is InChI=1S/C16H17BrFNO/c1-19-9-8-12-2-4-13(5-3-12)11-20-16-7-6-14(17)10-15(16)18/h2-7,10,19H,8-9,11H2,1H3. The summed E-state index contributed by atoms with van der Waals surface area (Å²) in [5.74, 6) is -0.0857. The first-order chi connectivity index (χ1) is 9.69. The smallest absolute Gasteiger partial charge is 0.166 e. The van der Waals surface area contributed by atoms with E-state index < -0.39 is 0 Å². The van der Waals surface area contributed by atoms with E-state index in [2.05, 4.69) is 33.4 Å². The normalized spacial score (nSPS) is 10.6. The molecule has 106 valence electrons. The molecule has 0 aromatic heterocycles. The van der Waals surface area contributed by atoms with E-state index in [1.165, 1.54) is 11.6 Å². The van der Waals surface area contributed by atoms with E-state index in [0.717, 1.165) is 18.5 Å². The Labute approximate surface area is 127 Å². The molecular weight excluding hydrogens is 321 g/mol. The topological polar surface area (TPSA) is 21.3 Å². The van der Waals surface area contributed by atoms with E-state index in [0.29, 0.717) is 11.1 Å². The molecule has 0 saturated heterocycles. The van der Waals surface area contributed by atoms with Gasteiger partial charge in [-0.3, -0.25) is 0 Å². The Kier molecular flexibility index (Phi) is 5.56. The van der Waals surface area contributed by atoms with Crippen molar-refractivity contribution >= 4 is 15.9 Å². The summed E-state index contributed by atoms with van der Waals surface area (Å²) in [7, 11) is 1.94. The highest BCUT2D eigenvalue weighted by Crippen LogP contribution is 2.22. The van der Waals surface area contributed by atoms with Crippen molar-refractivity contribution in [3.63, 3.8) is 0 Å². The van der Waals surface area contributed by atoms with Crippen LogP contribution in [-0.2, 0) is 13.0 Å². The summed E-state index contributed by atoms with van der Waals surface area (Å²) >= 11 is 3.22. The van der Waals surface area contributed by atoms with Crippen molar-refractivity contribution in [2.45, 2.75) is 13.0 Å². The lowest BCUT2D eigenvalue weighted by Crippen LogP contribution is -2.10. The predicted molar refractivity (Wildman–Crippen MR) is 82.5 cm³/mol. The third kappa shape index (κ3) is 4.32. The molecule has 0 atom stereocenters. The Morgan fingerprint density at radius 3 is 2.45 bits per heavy atom. The van der Waals surface area contributed by atoms with Gasteiger partial charge in [0.1, 0.15) is 6.61 Å². The highest BCUT2D eigenvalue weighted by Gasteiger charge is 2.04. The van der Waals surface area contributed by atoms with Crippen molar-refractivity contribution in [3.8, 4) is 5.75 Å². The molecule has 0 spiro atoms. The third-order valence-corrected chi connectivity index (χ3v) is 3.47. The quantitative estimate of drug-likeness (QED) is 0.862. The zero-order valence-electron chi connectivity index (χ0n) is 11.3. The maximum absolute atomic E-state index is 13.6. The van der Waals surface area contributed by atoms with E-state index in [-0.39, 0.29) is 11.6 Å². The van der Waals surface area contributed by atoms with Crippen LogP contribution in [0.25, 0.3) is 0 Å². The summed E-state index contributed by atoms with van der Waals surface area (Å²) in [5, 5.41) is 3.12. The minimum Gasteiger partial charge on any atom is -0.486 e. The minimum atomic E-state index is -0.356. The second kappa shape index (κ2) is 7.41. The molecule has 4 heteroatoms. The highest BCUT2D eigenvalue weighted by atomic mass is 79.9. The predicted octanol–water partition coefficient (Wildman–Crippen LogP) is 3.93. The molecule has 20 heavy (non-hydrogen) atoms. The van der Waals surface area contributed by atoms with Crippen LogP contribution in [0.4, 0.5) is 4.39 Å². The lowest BCUT2D eigenvalue weighted by Gasteiger charge is -2.08. The third-order valence-electron chi connectivity index (χ3n) is 2.97. The van der Waals surface area contributed by atoms with Gasteiger partial charge in [-0.2, -0.15) is 0 Å². The fourth-order valence-corrected chi connectivity index (χ4v) is 2.16. The highest BCUT2D eigenvalue weighted by molar-refractivity contribution is 9.10. The minimum absolute atomic E-state index is 0.271. The fraction of sp³-hybridized carbons (Fsp3) is 0.250. The number of likely N-dealkylation sites (N-methyl/N-ethyl adjacent to an activating group) is 1. The summed E-state index contributed by atoms with van der Waals surface area (Å²) in [6, 6.07) is 13.0. The second-order valence-electron chi connectivity index (χ2n) is 4.53. The van der Waals surface area contributed by atoms with Crippen LogP contribution in [0, 0.1) is 5.82 Å². The summed E-state index contributed by atoms with van der Waals surface area (Å²) in [4.78, 5) is 0.